The molecular formula is C15H16N2O4. The predicted molar refractivity (Wildman–Crippen MR) is 75.8 cm³/mol. The monoisotopic (exact) mass is 288 g/mol. The summed E-state index contributed by atoms with van der Waals surface area (Å²) in [6.45, 7) is 1.91. The lowest BCUT2D eigenvalue weighted by Gasteiger charge is -2.06. The van der Waals surface area contributed by atoms with Gasteiger partial charge in [0.25, 0.3) is 5.91 Å². The van der Waals surface area contributed by atoms with Crippen LogP contribution in [0.25, 0.3) is 0 Å². The van der Waals surface area contributed by atoms with Crippen LogP contribution in [-0.4, -0.2) is 11.7 Å². The van der Waals surface area contributed by atoms with Gasteiger partial charge in [0.05, 0.1) is 11.8 Å². The first-order chi connectivity index (χ1) is 10.2. The Labute approximate surface area is 121 Å². The Kier molecular flexibility index (Phi) is 4.73. The quantitative estimate of drug-likeness (QED) is 0.367. The van der Waals surface area contributed by atoms with Crippen LogP contribution in [0.15, 0.2) is 41.0 Å². The molecule has 0 bridgehead atoms. The lowest BCUT2D eigenvalue weighted by Crippen LogP contribution is -2.30. The van der Waals surface area contributed by atoms with E-state index in [1.165, 1.54) is 12.3 Å². The second-order valence-electron chi connectivity index (χ2n) is 4.32. The van der Waals surface area contributed by atoms with Crippen LogP contribution in [0.3, 0.4) is 0 Å². The molecule has 0 atom stereocenters. The van der Waals surface area contributed by atoms with E-state index in [2.05, 4.69) is 0 Å². The fraction of sp³-hybridized carbons (Fsp3) is 0.200. The Balaban J connectivity index is 2.02. The summed E-state index contributed by atoms with van der Waals surface area (Å²) >= 11 is 0. The lowest BCUT2D eigenvalue weighted by atomic mass is 10.1. The smallest absolute Gasteiger partial charge is 0.268 e. The highest BCUT2D eigenvalue weighted by molar-refractivity contribution is 5.96. The second kappa shape index (κ2) is 6.71. The van der Waals surface area contributed by atoms with Crippen LogP contribution in [0.1, 0.15) is 39.8 Å². The van der Waals surface area contributed by atoms with Crippen LogP contribution in [-0.2, 0) is 6.61 Å². The molecule has 0 aliphatic heterocycles. The van der Waals surface area contributed by atoms with Gasteiger partial charge in [-0.05, 0) is 30.3 Å². The van der Waals surface area contributed by atoms with Crippen molar-refractivity contribution >= 4 is 11.7 Å². The number of carbonyl (C=O) groups is 2. The molecule has 1 aromatic heterocycles. The maximum absolute atomic E-state index is 11.5. The molecular weight excluding hydrogens is 272 g/mol. The first-order valence-electron chi connectivity index (χ1n) is 6.49. The van der Waals surface area contributed by atoms with Gasteiger partial charge in [0.1, 0.15) is 12.4 Å². The number of ether oxygens (including phenoxy) is 1. The number of furan rings is 1. The molecule has 0 aliphatic rings. The molecule has 3 N–H and O–H groups in total. The average molecular weight is 288 g/mol. The molecule has 21 heavy (non-hydrogen) atoms. The molecule has 0 aliphatic carbocycles. The Morgan fingerprint density at radius 2 is 1.95 bits per heavy atom. The van der Waals surface area contributed by atoms with Gasteiger partial charge in [-0.3, -0.25) is 15.0 Å². The number of hydrazine groups is 1. The van der Waals surface area contributed by atoms with Gasteiger partial charge in [-0.1, -0.05) is 6.92 Å². The van der Waals surface area contributed by atoms with Gasteiger partial charge in [0.2, 0.25) is 0 Å². The molecule has 0 saturated heterocycles. The molecule has 6 heteroatoms. The van der Waals surface area contributed by atoms with E-state index in [9.17, 15) is 9.59 Å². The van der Waals surface area contributed by atoms with E-state index in [0.717, 1.165) is 0 Å². The highest BCUT2D eigenvalue weighted by Crippen LogP contribution is 2.17. The Bertz CT molecular complexity index is 631. The van der Waals surface area contributed by atoms with Crippen molar-refractivity contribution in [2.24, 2.45) is 5.84 Å². The van der Waals surface area contributed by atoms with Crippen LogP contribution >= 0.6 is 0 Å². The zero-order valence-electron chi connectivity index (χ0n) is 11.6. The maximum atomic E-state index is 11.5. The first-order valence-corrected chi connectivity index (χ1v) is 6.49. The van der Waals surface area contributed by atoms with Crippen molar-refractivity contribution in [1.29, 1.82) is 0 Å². The van der Waals surface area contributed by atoms with Crippen molar-refractivity contribution in [3.63, 3.8) is 0 Å². The first kappa shape index (κ1) is 14.8. The number of carbonyl (C=O) groups excluding carboxylic acids is 2. The summed E-state index contributed by atoms with van der Waals surface area (Å²) in [5, 5.41) is 0. The van der Waals surface area contributed by atoms with Crippen LogP contribution in [0.2, 0.25) is 0 Å². The largest absolute Gasteiger partial charge is 0.486 e. The fourth-order valence-electron chi connectivity index (χ4n) is 1.82. The van der Waals surface area contributed by atoms with Crippen LogP contribution in [0, 0.1) is 0 Å². The topological polar surface area (TPSA) is 94.6 Å². The number of amides is 1. The van der Waals surface area contributed by atoms with Gasteiger partial charge in [-0.25, -0.2) is 5.84 Å². The van der Waals surface area contributed by atoms with Gasteiger partial charge in [0.15, 0.2) is 11.5 Å². The summed E-state index contributed by atoms with van der Waals surface area (Å²) in [7, 11) is 0. The van der Waals surface area contributed by atoms with Crippen molar-refractivity contribution < 1.29 is 18.7 Å². The summed E-state index contributed by atoms with van der Waals surface area (Å²) in [5.74, 6) is 5.69. The summed E-state index contributed by atoms with van der Waals surface area (Å²) in [6, 6.07) is 8.33. The molecule has 0 fully saturated rings. The molecule has 2 aromatic rings. The van der Waals surface area contributed by atoms with Crippen LogP contribution in [0.4, 0.5) is 0 Å². The zero-order valence-corrected chi connectivity index (χ0v) is 11.6. The highest BCUT2D eigenvalue weighted by Gasteiger charge is 2.14. The average Bonchev–Trinajstić information content (AvgIpc) is 3.00. The third kappa shape index (κ3) is 3.49. The number of nitrogen functional groups attached to an aromatic ring is 1. The van der Waals surface area contributed by atoms with Crippen LogP contribution < -0.4 is 16.0 Å². The summed E-state index contributed by atoms with van der Waals surface area (Å²) in [4.78, 5) is 23.0. The molecule has 1 heterocycles. The normalized spacial score (nSPS) is 10.2. The van der Waals surface area contributed by atoms with E-state index < -0.39 is 5.91 Å². The molecule has 0 saturated carbocycles. The van der Waals surface area contributed by atoms with Crippen molar-refractivity contribution in [2.45, 2.75) is 20.0 Å². The van der Waals surface area contributed by atoms with E-state index in [1.54, 1.807) is 24.3 Å². The fourth-order valence-corrected chi connectivity index (χ4v) is 1.82. The molecule has 0 radical (unpaired) electrons. The number of hydrogen-bond acceptors (Lipinski definition) is 5. The number of ketones is 1. The Morgan fingerprint density at radius 1 is 1.24 bits per heavy atom. The molecule has 0 spiro atoms. The van der Waals surface area contributed by atoms with Gasteiger partial charge in [-0.15, -0.1) is 0 Å². The van der Waals surface area contributed by atoms with E-state index >= 15 is 0 Å². The summed E-state index contributed by atoms with van der Waals surface area (Å²) in [5.41, 5.74) is 3.01. The minimum atomic E-state index is -0.439. The summed E-state index contributed by atoms with van der Waals surface area (Å²) in [6.07, 6.45) is 1.86. The summed E-state index contributed by atoms with van der Waals surface area (Å²) < 4.78 is 10.7. The minimum absolute atomic E-state index is 0.0782. The lowest BCUT2D eigenvalue weighted by molar-refractivity contribution is 0.0947. The van der Waals surface area contributed by atoms with Crippen LogP contribution in [0.5, 0.6) is 5.75 Å². The number of benzene rings is 1. The van der Waals surface area contributed by atoms with Gasteiger partial charge in [0, 0.05) is 12.0 Å². The molecule has 6 nitrogen and oxygen atoms in total. The van der Waals surface area contributed by atoms with E-state index in [4.69, 9.17) is 15.0 Å². The second-order valence-corrected chi connectivity index (χ2v) is 4.32. The standard InChI is InChI=1S/C15H16N2O4/c1-2-13(18)10-3-5-11(6-4-10)21-9-14-12(7-8-20-14)15(19)17-16/h3-8H,2,9,16H2,1H3,(H,17,19). The van der Waals surface area contributed by atoms with Crippen molar-refractivity contribution in [3.05, 3.63) is 53.5 Å². The molecule has 0 unspecified atom stereocenters. The van der Waals surface area contributed by atoms with Crippen molar-refractivity contribution in [1.82, 2.24) is 5.43 Å². The third-order valence-electron chi connectivity index (χ3n) is 2.99. The molecule has 110 valence electrons. The number of Topliss-reactive ketones (excluding diaryl/α,β-unsaturated/α-hetero) is 1. The van der Waals surface area contributed by atoms with Crippen molar-refractivity contribution in [3.8, 4) is 5.75 Å². The molecule has 1 amide bonds. The Morgan fingerprint density at radius 3 is 2.57 bits per heavy atom. The zero-order chi connectivity index (χ0) is 15.2. The number of hydrogen-bond donors (Lipinski definition) is 2. The number of nitrogens with two attached hydrogens (primary N) is 1. The third-order valence-corrected chi connectivity index (χ3v) is 2.99. The van der Waals surface area contributed by atoms with Gasteiger partial charge < -0.3 is 9.15 Å². The Hall–Kier alpha value is -2.60. The highest BCUT2D eigenvalue weighted by atomic mass is 16.5. The molecule has 1 aromatic carbocycles. The maximum Gasteiger partial charge on any atom is 0.268 e. The SMILES string of the molecule is CCC(=O)c1ccc(OCc2occc2C(=O)NN)cc1. The number of nitrogens with one attached hydrogen (secondary N) is 1. The number of rotatable bonds is 6. The van der Waals surface area contributed by atoms with E-state index in [0.29, 0.717) is 29.1 Å². The molecule has 2 rings (SSSR count). The van der Waals surface area contributed by atoms with Gasteiger partial charge in [-0.2, -0.15) is 0 Å². The van der Waals surface area contributed by atoms with Crippen molar-refractivity contribution in [2.75, 3.05) is 0 Å². The van der Waals surface area contributed by atoms with Gasteiger partial charge >= 0.3 is 0 Å². The van der Waals surface area contributed by atoms with E-state index in [1.807, 2.05) is 12.3 Å². The predicted octanol–water partition coefficient (Wildman–Crippen LogP) is 2.05. The minimum Gasteiger partial charge on any atom is -0.486 e. The van der Waals surface area contributed by atoms with E-state index in [-0.39, 0.29) is 12.4 Å².